The average Bonchev–Trinajstić information content (AvgIpc) is 2.91. The predicted octanol–water partition coefficient (Wildman–Crippen LogP) is 4.12. The summed E-state index contributed by atoms with van der Waals surface area (Å²) in [5.41, 5.74) is 3.72. The highest BCUT2D eigenvalue weighted by Crippen LogP contribution is 2.26. The van der Waals surface area contributed by atoms with Gasteiger partial charge in [-0.25, -0.2) is 0 Å². The second kappa shape index (κ2) is 8.08. The van der Waals surface area contributed by atoms with Gasteiger partial charge in [0.05, 0.1) is 6.20 Å². The SMILES string of the molecule is CCc1cccc(CC)c1Nc1nncc(N2CCCCCC2)n1. The topological polar surface area (TPSA) is 53.9 Å². The molecule has 0 atom stereocenters. The van der Waals surface area contributed by atoms with E-state index in [0.29, 0.717) is 5.95 Å². The minimum absolute atomic E-state index is 0.590. The lowest BCUT2D eigenvalue weighted by Gasteiger charge is -2.21. The first-order valence-corrected chi connectivity index (χ1v) is 9.14. The van der Waals surface area contributed by atoms with Crippen molar-refractivity contribution in [2.75, 3.05) is 23.3 Å². The third-order valence-electron chi connectivity index (χ3n) is 4.71. The summed E-state index contributed by atoms with van der Waals surface area (Å²) < 4.78 is 0. The molecule has 1 saturated heterocycles. The molecule has 24 heavy (non-hydrogen) atoms. The van der Waals surface area contributed by atoms with Crippen LogP contribution in [-0.4, -0.2) is 28.3 Å². The van der Waals surface area contributed by atoms with Crippen LogP contribution in [0, 0.1) is 0 Å². The third kappa shape index (κ3) is 3.83. The van der Waals surface area contributed by atoms with E-state index in [2.05, 4.69) is 52.5 Å². The molecule has 2 aromatic rings. The summed E-state index contributed by atoms with van der Waals surface area (Å²) in [6, 6.07) is 6.44. The van der Waals surface area contributed by atoms with Crippen molar-refractivity contribution >= 4 is 17.5 Å². The predicted molar refractivity (Wildman–Crippen MR) is 99.0 cm³/mol. The minimum atomic E-state index is 0.590. The highest BCUT2D eigenvalue weighted by atomic mass is 15.3. The lowest BCUT2D eigenvalue weighted by atomic mass is 10.0. The van der Waals surface area contributed by atoms with Crippen molar-refractivity contribution in [3.8, 4) is 0 Å². The maximum atomic E-state index is 4.73. The van der Waals surface area contributed by atoms with Gasteiger partial charge < -0.3 is 10.2 Å². The lowest BCUT2D eigenvalue weighted by Crippen LogP contribution is -2.25. The van der Waals surface area contributed by atoms with Gasteiger partial charge in [-0.15, -0.1) is 5.10 Å². The van der Waals surface area contributed by atoms with E-state index in [1.165, 1.54) is 36.8 Å². The van der Waals surface area contributed by atoms with Crippen molar-refractivity contribution in [3.05, 3.63) is 35.5 Å². The number of hydrogen-bond donors (Lipinski definition) is 1. The molecule has 5 heteroatoms. The summed E-state index contributed by atoms with van der Waals surface area (Å²) in [4.78, 5) is 7.06. The van der Waals surface area contributed by atoms with Gasteiger partial charge in [-0.2, -0.15) is 10.1 Å². The number of hydrogen-bond acceptors (Lipinski definition) is 5. The Kier molecular flexibility index (Phi) is 5.62. The Balaban J connectivity index is 1.85. The first kappa shape index (κ1) is 16.7. The van der Waals surface area contributed by atoms with Gasteiger partial charge in [-0.05, 0) is 36.8 Å². The molecule has 1 aromatic carbocycles. The number of benzene rings is 1. The minimum Gasteiger partial charge on any atom is -0.355 e. The van der Waals surface area contributed by atoms with Gasteiger partial charge in [-0.3, -0.25) is 0 Å². The van der Waals surface area contributed by atoms with Crippen LogP contribution in [0.1, 0.15) is 50.7 Å². The normalized spacial score (nSPS) is 15.2. The van der Waals surface area contributed by atoms with Gasteiger partial charge in [-0.1, -0.05) is 44.9 Å². The molecular formula is C19H27N5. The summed E-state index contributed by atoms with van der Waals surface area (Å²) >= 11 is 0. The van der Waals surface area contributed by atoms with Gasteiger partial charge in [0, 0.05) is 18.8 Å². The molecule has 5 nitrogen and oxygen atoms in total. The third-order valence-corrected chi connectivity index (χ3v) is 4.71. The second-order valence-electron chi connectivity index (χ2n) is 6.32. The zero-order valence-corrected chi connectivity index (χ0v) is 14.8. The highest BCUT2D eigenvalue weighted by molar-refractivity contribution is 5.64. The molecule has 0 amide bonds. The Morgan fingerprint density at radius 1 is 1.00 bits per heavy atom. The van der Waals surface area contributed by atoms with Crippen LogP contribution in [0.15, 0.2) is 24.4 Å². The first-order valence-electron chi connectivity index (χ1n) is 9.14. The number of nitrogens with zero attached hydrogens (tertiary/aromatic N) is 4. The van der Waals surface area contributed by atoms with Crippen molar-refractivity contribution in [3.63, 3.8) is 0 Å². The van der Waals surface area contributed by atoms with Gasteiger partial charge in [0.15, 0.2) is 5.82 Å². The van der Waals surface area contributed by atoms with Gasteiger partial charge in [0.1, 0.15) is 0 Å². The Morgan fingerprint density at radius 3 is 2.29 bits per heavy atom. The zero-order chi connectivity index (χ0) is 16.8. The largest absolute Gasteiger partial charge is 0.355 e. The lowest BCUT2D eigenvalue weighted by molar-refractivity contribution is 0.726. The molecule has 2 heterocycles. The highest BCUT2D eigenvalue weighted by Gasteiger charge is 2.14. The fraction of sp³-hybridized carbons (Fsp3) is 0.526. The van der Waals surface area contributed by atoms with E-state index in [4.69, 9.17) is 4.98 Å². The zero-order valence-electron chi connectivity index (χ0n) is 14.8. The number of aryl methyl sites for hydroxylation is 2. The molecule has 1 aliphatic rings. The molecule has 1 aromatic heterocycles. The average molecular weight is 325 g/mol. The van der Waals surface area contributed by atoms with Crippen LogP contribution in [0.2, 0.25) is 0 Å². The van der Waals surface area contributed by atoms with Crippen molar-refractivity contribution in [2.45, 2.75) is 52.4 Å². The van der Waals surface area contributed by atoms with E-state index in [1.54, 1.807) is 6.20 Å². The van der Waals surface area contributed by atoms with Crippen molar-refractivity contribution in [2.24, 2.45) is 0 Å². The molecular weight excluding hydrogens is 298 g/mol. The van der Waals surface area contributed by atoms with Crippen LogP contribution in [0.3, 0.4) is 0 Å². The molecule has 1 N–H and O–H groups in total. The quantitative estimate of drug-likeness (QED) is 0.896. The maximum Gasteiger partial charge on any atom is 0.249 e. The monoisotopic (exact) mass is 325 g/mol. The van der Waals surface area contributed by atoms with Crippen molar-refractivity contribution < 1.29 is 0 Å². The molecule has 128 valence electrons. The second-order valence-corrected chi connectivity index (χ2v) is 6.32. The van der Waals surface area contributed by atoms with Crippen LogP contribution in [-0.2, 0) is 12.8 Å². The summed E-state index contributed by atoms with van der Waals surface area (Å²) in [5.74, 6) is 1.52. The van der Waals surface area contributed by atoms with E-state index < -0.39 is 0 Å². The van der Waals surface area contributed by atoms with E-state index in [0.717, 1.165) is 37.4 Å². The molecule has 3 rings (SSSR count). The van der Waals surface area contributed by atoms with Gasteiger partial charge in [0.2, 0.25) is 5.95 Å². The smallest absolute Gasteiger partial charge is 0.249 e. The fourth-order valence-electron chi connectivity index (χ4n) is 3.31. The Morgan fingerprint density at radius 2 is 1.67 bits per heavy atom. The van der Waals surface area contributed by atoms with Crippen LogP contribution in [0.4, 0.5) is 17.5 Å². The molecule has 0 radical (unpaired) electrons. The fourth-order valence-corrected chi connectivity index (χ4v) is 3.31. The van der Waals surface area contributed by atoms with Crippen LogP contribution in [0.25, 0.3) is 0 Å². The Labute approximate surface area is 144 Å². The number of nitrogens with one attached hydrogen (secondary N) is 1. The molecule has 0 aliphatic carbocycles. The number of aromatic nitrogens is 3. The summed E-state index contributed by atoms with van der Waals surface area (Å²) in [6.45, 7) is 6.47. The van der Waals surface area contributed by atoms with Gasteiger partial charge in [0.25, 0.3) is 0 Å². The summed E-state index contributed by atoms with van der Waals surface area (Å²) in [7, 11) is 0. The molecule has 1 fully saturated rings. The van der Waals surface area contributed by atoms with E-state index in [9.17, 15) is 0 Å². The summed E-state index contributed by atoms with van der Waals surface area (Å²) in [6.07, 6.45) is 8.82. The van der Waals surface area contributed by atoms with Crippen molar-refractivity contribution in [1.29, 1.82) is 0 Å². The standard InChI is InChI=1S/C19H27N5/c1-3-15-10-9-11-16(4-2)18(15)22-19-21-17(14-20-23-19)24-12-7-5-6-8-13-24/h9-11,14H,3-8,12-13H2,1-2H3,(H,21,22,23). The Hall–Kier alpha value is -2.17. The van der Waals surface area contributed by atoms with Gasteiger partial charge >= 0.3 is 0 Å². The molecule has 0 spiro atoms. The maximum absolute atomic E-state index is 4.73. The van der Waals surface area contributed by atoms with Crippen LogP contribution < -0.4 is 10.2 Å². The molecule has 1 aliphatic heterocycles. The molecule has 0 bridgehead atoms. The van der Waals surface area contributed by atoms with Crippen molar-refractivity contribution in [1.82, 2.24) is 15.2 Å². The number of anilines is 3. The number of para-hydroxylation sites is 1. The molecule has 0 saturated carbocycles. The van der Waals surface area contributed by atoms with Crippen LogP contribution in [0.5, 0.6) is 0 Å². The van der Waals surface area contributed by atoms with E-state index >= 15 is 0 Å². The van der Waals surface area contributed by atoms with Crippen LogP contribution >= 0.6 is 0 Å². The summed E-state index contributed by atoms with van der Waals surface area (Å²) in [5, 5.41) is 11.8. The Bertz CT molecular complexity index is 640. The van der Waals surface area contributed by atoms with E-state index in [1.807, 2.05) is 0 Å². The molecule has 0 unspecified atom stereocenters. The number of rotatable bonds is 5. The first-order chi connectivity index (χ1) is 11.8. The van der Waals surface area contributed by atoms with E-state index in [-0.39, 0.29) is 0 Å².